The van der Waals surface area contributed by atoms with Crippen LogP contribution in [0.4, 0.5) is 13.2 Å². The molecule has 0 aliphatic carbocycles. The monoisotopic (exact) mass is 436 g/mol. The molecule has 1 aliphatic rings. The third-order valence-corrected chi connectivity index (χ3v) is 3.70. The Bertz CT molecular complexity index is 327. The average molecular weight is 436 g/mol. The van der Waals surface area contributed by atoms with E-state index in [1.54, 1.807) is 0 Å². The summed E-state index contributed by atoms with van der Waals surface area (Å²) in [5, 5.41) is 0. The number of piperidine rings is 1. The molecule has 0 saturated carbocycles. The molecular formula is C14H28F3IN4. The number of halogens is 4. The maximum atomic E-state index is 12.3. The highest BCUT2D eigenvalue weighted by molar-refractivity contribution is 14.0. The highest BCUT2D eigenvalue weighted by atomic mass is 127. The second-order valence-electron chi connectivity index (χ2n) is 6.09. The van der Waals surface area contributed by atoms with Crippen LogP contribution in [0.2, 0.25) is 0 Å². The molecule has 132 valence electrons. The molecule has 0 spiro atoms. The normalized spacial score (nSPS) is 16.9. The highest BCUT2D eigenvalue weighted by Gasteiger charge is 2.32. The van der Waals surface area contributed by atoms with Gasteiger partial charge in [-0.05, 0) is 38.3 Å². The molecule has 4 nitrogen and oxygen atoms in total. The van der Waals surface area contributed by atoms with Crippen molar-refractivity contribution in [2.45, 2.75) is 25.4 Å². The molecule has 1 saturated heterocycles. The van der Waals surface area contributed by atoms with Crippen molar-refractivity contribution >= 4 is 29.9 Å². The van der Waals surface area contributed by atoms with E-state index < -0.39 is 12.7 Å². The summed E-state index contributed by atoms with van der Waals surface area (Å²) in [6, 6.07) is 0. The van der Waals surface area contributed by atoms with E-state index in [2.05, 4.69) is 4.99 Å². The van der Waals surface area contributed by atoms with Gasteiger partial charge in [0.15, 0.2) is 5.96 Å². The molecule has 22 heavy (non-hydrogen) atoms. The Kier molecular flexibility index (Phi) is 9.68. The smallest absolute Gasteiger partial charge is 0.349 e. The first-order valence-corrected chi connectivity index (χ1v) is 7.37. The van der Waals surface area contributed by atoms with Gasteiger partial charge in [-0.3, -0.25) is 9.89 Å². The van der Waals surface area contributed by atoms with E-state index in [0.717, 1.165) is 31.8 Å². The molecule has 0 aromatic carbocycles. The summed E-state index contributed by atoms with van der Waals surface area (Å²) in [7, 11) is 7.81. The summed E-state index contributed by atoms with van der Waals surface area (Å²) < 4.78 is 36.9. The number of likely N-dealkylation sites (tertiary alicyclic amines) is 1. The Labute approximate surface area is 148 Å². The van der Waals surface area contributed by atoms with Crippen LogP contribution in [0.15, 0.2) is 4.99 Å². The van der Waals surface area contributed by atoms with Crippen molar-refractivity contribution in [1.29, 1.82) is 0 Å². The fourth-order valence-electron chi connectivity index (χ4n) is 2.72. The van der Waals surface area contributed by atoms with E-state index in [1.807, 2.05) is 38.0 Å². The van der Waals surface area contributed by atoms with E-state index in [1.165, 1.54) is 4.90 Å². The number of hydrogen-bond acceptors (Lipinski definition) is 2. The fraction of sp³-hybridized carbons (Fsp3) is 0.929. The second kappa shape index (κ2) is 9.79. The lowest BCUT2D eigenvalue weighted by molar-refractivity contribution is -0.148. The Morgan fingerprint density at radius 3 is 2.00 bits per heavy atom. The zero-order valence-corrected chi connectivity index (χ0v) is 16.2. The van der Waals surface area contributed by atoms with Gasteiger partial charge in [-0.25, -0.2) is 0 Å². The van der Waals surface area contributed by atoms with Gasteiger partial charge < -0.3 is 9.80 Å². The standard InChI is InChI=1S/C14H27F3N4.HI/c1-19(2)13(20(3)4)18-8-5-12-6-9-21(10-7-12)11-14(15,16)17;/h12H,5-11H2,1-4H3;1H. The summed E-state index contributed by atoms with van der Waals surface area (Å²) in [6.45, 7) is 1.04. The van der Waals surface area contributed by atoms with Crippen LogP contribution in [0.5, 0.6) is 0 Å². The minimum Gasteiger partial charge on any atom is -0.349 e. The van der Waals surface area contributed by atoms with Crippen LogP contribution in [-0.2, 0) is 0 Å². The lowest BCUT2D eigenvalue weighted by atomic mass is 9.93. The number of hydrogen-bond donors (Lipinski definition) is 0. The van der Waals surface area contributed by atoms with Gasteiger partial charge >= 0.3 is 6.18 Å². The predicted octanol–water partition coefficient (Wildman–Crippen LogP) is 2.75. The zero-order chi connectivity index (χ0) is 16.0. The van der Waals surface area contributed by atoms with Crippen LogP contribution in [0.3, 0.4) is 0 Å². The number of aliphatic imine (C=N–C) groups is 1. The largest absolute Gasteiger partial charge is 0.401 e. The van der Waals surface area contributed by atoms with Crippen LogP contribution >= 0.6 is 24.0 Å². The summed E-state index contributed by atoms with van der Waals surface area (Å²) >= 11 is 0. The molecule has 0 radical (unpaired) electrons. The third kappa shape index (κ3) is 8.40. The highest BCUT2D eigenvalue weighted by Crippen LogP contribution is 2.24. The maximum Gasteiger partial charge on any atom is 0.401 e. The van der Waals surface area contributed by atoms with Crippen molar-refractivity contribution in [3.05, 3.63) is 0 Å². The molecule has 8 heteroatoms. The minimum absolute atomic E-state index is 0. The quantitative estimate of drug-likeness (QED) is 0.385. The van der Waals surface area contributed by atoms with Gasteiger partial charge in [-0.1, -0.05) is 0 Å². The molecule has 1 fully saturated rings. The number of nitrogens with zero attached hydrogens (tertiary/aromatic N) is 4. The van der Waals surface area contributed by atoms with Crippen LogP contribution in [-0.4, -0.2) is 81.2 Å². The predicted molar refractivity (Wildman–Crippen MR) is 94.9 cm³/mol. The number of alkyl halides is 3. The summed E-state index contributed by atoms with van der Waals surface area (Å²) in [6.07, 6.45) is -1.45. The Morgan fingerprint density at radius 1 is 1.09 bits per heavy atom. The number of guanidine groups is 1. The molecule has 0 aromatic rings. The first-order valence-electron chi connectivity index (χ1n) is 7.37. The van der Waals surface area contributed by atoms with Crippen LogP contribution in [0.1, 0.15) is 19.3 Å². The molecule has 0 N–H and O–H groups in total. The fourth-order valence-corrected chi connectivity index (χ4v) is 2.72. The molecule has 0 bridgehead atoms. The average Bonchev–Trinajstić information content (AvgIpc) is 2.33. The molecular weight excluding hydrogens is 408 g/mol. The molecule has 0 unspecified atom stereocenters. The van der Waals surface area contributed by atoms with Crippen molar-refractivity contribution < 1.29 is 13.2 Å². The van der Waals surface area contributed by atoms with Gasteiger partial charge in [0.25, 0.3) is 0 Å². The minimum atomic E-state index is -4.08. The first kappa shape index (κ1) is 21.8. The van der Waals surface area contributed by atoms with Crippen molar-refractivity contribution in [1.82, 2.24) is 14.7 Å². The van der Waals surface area contributed by atoms with E-state index in [4.69, 9.17) is 0 Å². The topological polar surface area (TPSA) is 22.1 Å². The Balaban J connectivity index is 0.00000441. The van der Waals surface area contributed by atoms with Crippen molar-refractivity contribution in [3.63, 3.8) is 0 Å². The number of rotatable bonds is 4. The van der Waals surface area contributed by atoms with Gasteiger partial charge in [0.1, 0.15) is 0 Å². The maximum absolute atomic E-state index is 12.3. The zero-order valence-electron chi connectivity index (χ0n) is 13.9. The molecule has 1 aliphatic heterocycles. The SMILES string of the molecule is CN(C)C(=NCCC1CCN(CC(F)(F)F)CC1)N(C)C.I. The van der Waals surface area contributed by atoms with Crippen LogP contribution < -0.4 is 0 Å². The first-order chi connectivity index (χ1) is 9.69. The molecule has 0 aromatic heterocycles. The lowest BCUT2D eigenvalue weighted by Gasteiger charge is -2.32. The van der Waals surface area contributed by atoms with Gasteiger partial charge in [0, 0.05) is 34.7 Å². The van der Waals surface area contributed by atoms with E-state index in [-0.39, 0.29) is 24.0 Å². The second-order valence-corrected chi connectivity index (χ2v) is 6.09. The van der Waals surface area contributed by atoms with Crippen LogP contribution in [0.25, 0.3) is 0 Å². The van der Waals surface area contributed by atoms with Crippen LogP contribution in [0, 0.1) is 5.92 Å². The molecule has 0 amide bonds. The van der Waals surface area contributed by atoms with E-state index in [0.29, 0.717) is 19.0 Å². The van der Waals surface area contributed by atoms with E-state index in [9.17, 15) is 13.2 Å². The van der Waals surface area contributed by atoms with Crippen molar-refractivity contribution in [2.75, 3.05) is 54.4 Å². The van der Waals surface area contributed by atoms with Crippen molar-refractivity contribution in [3.8, 4) is 0 Å². The third-order valence-electron chi connectivity index (χ3n) is 3.70. The Morgan fingerprint density at radius 2 is 1.59 bits per heavy atom. The lowest BCUT2D eigenvalue weighted by Crippen LogP contribution is -2.40. The van der Waals surface area contributed by atoms with Gasteiger partial charge in [0.05, 0.1) is 6.54 Å². The Hall–Kier alpha value is -0.250. The summed E-state index contributed by atoms with van der Waals surface area (Å²) in [4.78, 5) is 10.0. The summed E-state index contributed by atoms with van der Waals surface area (Å²) in [5.74, 6) is 1.41. The van der Waals surface area contributed by atoms with Gasteiger partial charge in [-0.15, -0.1) is 24.0 Å². The summed E-state index contributed by atoms with van der Waals surface area (Å²) in [5.41, 5.74) is 0. The molecule has 0 atom stereocenters. The molecule has 1 rings (SSSR count). The van der Waals surface area contributed by atoms with E-state index >= 15 is 0 Å². The van der Waals surface area contributed by atoms with Gasteiger partial charge in [-0.2, -0.15) is 13.2 Å². The van der Waals surface area contributed by atoms with Gasteiger partial charge in [0.2, 0.25) is 0 Å². The molecule has 1 heterocycles. The van der Waals surface area contributed by atoms with Crippen molar-refractivity contribution in [2.24, 2.45) is 10.9 Å².